The van der Waals surface area contributed by atoms with Gasteiger partial charge in [-0.25, -0.2) is 4.98 Å². The molecule has 1 aliphatic rings. The number of fused-ring (bicyclic) bond motifs is 6. The standard InChI is InChI=1S/C35H27BN4O/c1-35(19-7-9-21-38-35)40-31-13-5-3-11-27(31)29-18-16-25(23-33(29)40)36(41)24-15-17-28-26-10-2-4-12-30(26)39(32(28)22-24)34-14-6-8-20-37-34/h2-18,20-23,41H,19H2,1H3. The second kappa shape index (κ2) is 9.05. The predicted octanol–water partition coefficient (Wildman–Crippen LogP) is 6.09. The summed E-state index contributed by atoms with van der Waals surface area (Å²) in [5.41, 5.74) is 5.57. The number of nitrogens with zero attached hydrogens (tertiary/aromatic N) is 4. The molecule has 0 saturated heterocycles. The molecule has 7 aromatic rings. The number of rotatable bonds is 4. The molecule has 4 aromatic carbocycles. The van der Waals surface area contributed by atoms with E-state index < -0.39 is 12.6 Å². The largest absolute Gasteiger partial charge is 0.443 e. The van der Waals surface area contributed by atoms with E-state index in [0.717, 1.165) is 61.4 Å². The maximum atomic E-state index is 11.8. The quantitative estimate of drug-likeness (QED) is 0.280. The van der Waals surface area contributed by atoms with Gasteiger partial charge in [-0.1, -0.05) is 72.8 Å². The van der Waals surface area contributed by atoms with Gasteiger partial charge in [0.05, 0.1) is 22.1 Å². The van der Waals surface area contributed by atoms with Crippen molar-refractivity contribution < 1.29 is 5.02 Å². The van der Waals surface area contributed by atoms with Gasteiger partial charge >= 0.3 is 6.92 Å². The zero-order valence-electron chi connectivity index (χ0n) is 22.6. The van der Waals surface area contributed by atoms with Crippen LogP contribution in [0.25, 0.3) is 49.4 Å². The summed E-state index contributed by atoms with van der Waals surface area (Å²) >= 11 is 0. The Morgan fingerprint density at radius 2 is 1.34 bits per heavy atom. The fourth-order valence-electron chi connectivity index (χ4n) is 6.52. The Hall–Kier alpha value is -4.94. The highest BCUT2D eigenvalue weighted by Crippen LogP contribution is 2.37. The highest BCUT2D eigenvalue weighted by Gasteiger charge is 2.30. The first-order valence-corrected chi connectivity index (χ1v) is 14.0. The normalized spacial score (nSPS) is 16.8. The van der Waals surface area contributed by atoms with Crippen molar-refractivity contribution in [1.29, 1.82) is 0 Å². The van der Waals surface area contributed by atoms with Crippen LogP contribution >= 0.6 is 0 Å². The molecule has 8 rings (SSSR count). The zero-order valence-corrected chi connectivity index (χ0v) is 22.6. The molecule has 0 radical (unpaired) electrons. The number of aliphatic imine (C=N–C) groups is 1. The van der Waals surface area contributed by atoms with Crippen molar-refractivity contribution >= 4 is 67.7 Å². The Morgan fingerprint density at radius 1 is 0.707 bits per heavy atom. The molecule has 196 valence electrons. The maximum Gasteiger partial charge on any atom is 0.359 e. The van der Waals surface area contributed by atoms with Gasteiger partial charge in [-0.2, -0.15) is 0 Å². The lowest BCUT2D eigenvalue weighted by Gasteiger charge is -2.30. The molecule has 1 atom stereocenters. The number of aromatic nitrogens is 3. The lowest BCUT2D eigenvalue weighted by atomic mass is 9.56. The lowest BCUT2D eigenvalue weighted by Crippen LogP contribution is -2.42. The van der Waals surface area contributed by atoms with E-state index in [0.29, 0.717) is 0 Å². The minimum Gasteiger partial charge on any atom is -0.443 e. The van der Waals surface area contributed by atoms with Crippen molar-refractivity contribution in [3.05, 3.63) is 121 Å². The first-order valence-electron chi connectivity index (χ1n) is 14.0. The summed E-state index contributed by atoms with van der Waals surface area (Å²) in [5.74, 6) is 0.853. The SMILES string of the molecule is CC1(n2c3ccccc3c3ccc(B(O)c4ccc5c6ccccc6n(-c6ccccn6)c5c4)cc32)CC=CC=N1. The van der Waals surface area contributed by atoms with Gasteiger partial charge < -0.3 is 9.59 Å². The topological polar surface area (TPSA) is 55.3 Å². The van der Waals surface area contributed by atoms with Crippen LogP contribution in [0, 0.1) is 0 Å². The molecule has 1 aliphatic heterocycles. The second-order valence-corrected chi connectivity index (χ2v) is 11.0. The molecule has 1 unspecified atom stereocenters. The highest BCUT2D eigenvalue weighted by molar-refractivity contribution is 6.79. The summed E-state index contributed by atoms with van der Waals surface area (Å²) in [7, 11) is 0. The van der Waals surface area contributed by atoms with E-state index >= 15 is 0 Å². The number of pyridine rings is 1. The van der Waals surface area contributed by atoms with E-state index in [2.05, 4.69) is 106 Å². The van der Waals surface area contributed by atoms with E-state index in [1.807, 2.05) is 42.8 Å². The first-order chi connectivity index (χ1) is 20.1. The van der Waals surface area contributed by atoms with Crippen molar-refractivity contribution in [2.75, 3.05) is 0 Å². The third kappa shape index (κ3) is 3.61. The summed E-state index contributed by atoms with van der Waals surface area (Å²) in [5, 5.41) is 16.5. The Balaban J connectivity index is 1.31. The molecule has 0 fully saturated rings. The third-order valence-corrected chi connectivity index (χ3v) is 8.47. The molecule has 0 spiro atoms. The number of hydrogen-bond acceptors (Lipinski definition) is 3. The number of hydrogen-bond donors (Lipinski definition) is 1. The number of dihydropyridines is 1. The fourth-order valence-corrected chi connectivity index (χ4v) is 6.52. The molecule has 4 heterocycles. The molecule has 0 aliphatic carbocycles. The lowest BCUT2D eigenvalue weighted by molar-refractivity contribution is 0.360. The number of para-hydroxylation sites is 2. The van der Waals surface area contributed by atoms with Crippen LogP contribution in [0.4, 0.5) is 0 Å². The van der Waals surface area contributed by atoms with Crippen LogP contribution in [-0.4, -0.2) is 32.3 Å². The van der Waals surface area contributed by atoms with Gasteiger partial charge in [-0.15, -0.1) is 0 Å². The van der Waals surface area contributed by atoms with Crippen molar-refractivity contribution in [2.45, 2.75) is 19.0 Å². The van der Waals surface area contributed by atoms with Crippen LogP contribution in [-0.2, 0) is 5.66 Å². The second-order valence-electron chi connectivity index (χ2n) is 11.0. The monoisotopic (exact) mass is 530 g/mol. The van der Waals surface area contributed by atoms with Crippen LogP contribution < -0.4 is 10.9 Å². The molecular weight excluding hydrogens is 503 g/mol. The molecule has 5 nitrogen and oxygen atoms in total. The van der Waals surface area contributed by atoms with Crippen LogP contribution in [0.1, 0.15) is 13.3 Å². The molecule has 0 bridgehead atoms. The van der Waals surface area contributed by atoms with Gasteiger partial charge in [0.1, 0.15) is 11.5 Å². The van der Waals surface area contributed by atoms with Gasteiger partial charge in [0, 0.05) is 40.4 Å². The van der Waals surface area contributed by atoms with E-state index in [-0.39, 0.29) is 0 Å². The van der Waals surface area contributed by atoms with Gasteiger partial charge in [-0.3, -0.25) is 9.56 Å². The minimum atomic E-state index is -0.798. The van der Waals surface area contributed by atoms with Crippen LogP contribution in [0.15, 0.2) is 126 Å². The summed E-state index contributed by atoms with van der Waals surface area (Å²) in [6, 6.07) is 35.4. The minimum absolute atomic E-state index is 0.442. The van der Waals surface area contributed by atoms with E-state index in [9.17, 15) is 5.02 Å². The van der Waals surface area contributed by atoms with Crippen molar-refractivity contribution in [2.24, 2.45) is 4.99 Å². The average Bonchev–Trinajstić information content (AvgIpc) is 3.54. The van der Waals surface area contributed by atoms with Gasteiger partial charge in [0.25, 0.3) is 0 Å². The number of benzene rings is 4. The van der Waals surface area contributed by atoms with Crippen LogP contribution in [0.3, 0.4) is 0 Å². The van der Waals surface area contributed by atoms with Crippen LogP contribution in [0.2, 0.25) is 0 Å². The highest BCUT2D eigenvalue weighted by atomic mass is 16.2. The smallest absolute Gasteiger partial charge is 0.359 e. The van der Waals surface area contributed by atoms with Crippen molar-refractivity contribution in [3.63, 3.8) is 0 Å². The molecule has 1 N–H and O–H groups in total. The van der Waals surface area contributed by atoms with Crippen molar-refractivity contribution in [3.8, 4) is 5.82 Å². The predicted molar refractivity (Wildman–Crippen MR) is 171 cm³/mol. The molecule has 0 amide bonds. The Bertz CT molecular complexity index is 2180. The Morgan fingerprint density at radius 3 is 2.05 bits per heavy atom. The van der Waals surface area contributed by atoms with Crippen molar-refractivity contribution in [1.82, 2.24) is 14.1 Å². The van der Waals surface area contributed by atoms with E-state index in [4.69, 9.17) is 4.99 Å². The Kier molecular flexibility index (Phi) is 5.28. The molecular formula is C35H27BN4O. The van der Waals surface area contributed by atoms with Gasteiger partial charge in [0.15, 0.2) is 0 Å². The zero-order chi connectivity index (χ0) is 27.6. The molecule has 0 saturated carbocycles. The molecule has 3 aromatic heterocycles. The van der Waals surface area contributed by atoms with E-state index in [1.54, 1.807) is 0 Å². The van der Waals surface area contributed by atoms with Gasteiger partial charge in [0.2, 0.25) is 0 Å². The molecule has 41 heavy (non-hydrogen) atoms. The summed E-state index contributed by atoms with van der Waals surface area (Å²) in [6.07, 6.45) is 8.68. The summed E-state index contributed by atoms with van der Waals surface area (Å²) < 4.78 is 4.51. The fraction of sp³-hybridized carbons (Fsp3) is 0.0857. The Labute approximate surface area is 237 Å². The third-order valence-electron chi connectivity index (χ3n) is 8.47. The van der Waals surface area contributed by atoms with E-state index in [1.165, 1.54) is 5.39 Å². The van der Waals surface area contributed by atoms with Gasteiger partial charge in [-0.05, 0) is 60.3 Å². The average molecular weight is 530 g/mol. The summed E-state index contributed by atoms with van der Waals surface area (Å²) in [4.78, 5) is 9.56. The van der Waals surface area contributed by atoms with Crippen LogP contribution in [0.5, 0.6) is 0 Å². The molecule has 6 heteroatoms. The number of allylic oxidation sites excluding steroid dienone is 1. The summed E-state index contributed by atoms with van der Waals surface area (Å²) in [6.45, 7) is 1.37. The maximum absolute atomic E-state index is 11.8. The first kappa shape index (κ1) is 23.9.